The summed E-state index contributed by atoms with van der Waals surface area (Å²) in [6.45, 7) is 15.3. The first-order valence-corrected chi connectivity index (χ1v) is 27.1. The third-order valence-corrected chi connectivity index (χ3v) is 16.5. The molecule has 424 valence electrons. The molecular formula is C57H69N3O18P+. The summed E-state index contributed by atoms with van der Waals surface area (Å²) in [7, 11) is -3.29. The molecule has 0 radical (unpaired) electrons. The summed E-state index contributed by atoms with van der Waals surface area (Å²) in [6.07, 6.45) is -11.3. The summed E-state index contributed by atoms with van der Waals surface area (Å²) >= 11 is 0. The number of aliphatic hydroxyl groups is 2. The molecule has 1 saturated heterocycles. The molecular weight excluding hydrogens is 1050 g/mol. The first-order chi connectivity index (χ1) is 37.0. The molecule has 2 bridgehead atoms. The molecule has 3 aliphatic carbocycles. The van der Waals surface area contributed by atoms with Gasteiger partial charge in [0.05, 0.1) is 35.6 Å². The number of hydrogen-bond acceptors (Lipinski definition) is 18. The number of fused-ring (bicyclic) bond motifs is 5. The second-order valence-electron chi connectivity index (χ2n) is 22.3. The molecule has 22 heteroatoms. The summed E-state index contributed by atoms with van der Waals surface area (Å²) < 4.78 is 56.6. The maximum Gasteiger partial charge on any atom is 0.614 e. The fourth-order valence-electron chi connectivity index (χ4n) is 11.4. The van der Waals surface area contributed by atoms with Crippen molar-refractivity contribution in [3.05, 3.63) is 119 Å². The van der Waals surface area contributed by atoms with Crippen LogP contribution in [0.4, 0.5) is 0 Å². The average molecular weight is 1120 g/mol. The van der Waals surface area contributed by atoms with Crippen LogP contribution in [0.5, 0.6) is 0 Å². The summed E-state index contributed by atoms with van der Waals surface area (Å²) in [5.74, 6) is -8.94. The number of amides is 2. The standard InChI is InChI=1S/C57H68N3O18P/c1-30-38(74-52(69)44(42(35-21-15-12-16-22-35)59-49(66)36-23-17-13-18-24-36)78-79(71)60-31(2)48(65)58-32(3)50(67)77-53(6,7)8)28-57(70)47(75-51(68)37-25-19-14-20-26-37)45-55(11,39(63)27-40-56(45,29-72-40)76-34(5)62)46(64)43(73-33(4)61)41(30)54(57,9)10/h12-26,31-32,38-40,42-45,47,63,70H,27-29H2,1-11H3,(H2-,58,59,60,65,66,71)/p+1/t31?,32?,38-,39-,40+,42-,43+,44+,45-,47-,55+,56-,57+/m0/s1. The molecule has 3 fully saturated rings. The number of rotatable bonds is 17. The molecule has 79 heavy (non-hydrogen) atoms. The van der Waals surface area contributed by atoms with Crippen molar-refractivity contribution in [3.63, 3.8) is 0 Å². The highest BCUT2D eigenvalue weighted by Crippen LogP contribution is 2.64. The van der Waals surface area contributed by atoms with Crippen LogP contribution in [0.1, 0.15) is 121 Å². The minimum absolute atomic E-state index is 0.0124. The number of Topliss-reactive ketones (excluding diaryl/α,β-unsaturated/α-hetero) is 1. The molecule has 4 aliphatic rings. The maximum atomic E-state index is 15.8. The highest BCUT2D eigenvalue weighted by Gasteiger charge is 2.78. The third kappa shape index (κ3) is 11.9. The first-order valence-electron chi connectivity index (χ1n) is 25.9. The normalized spacial score (nSPS) is 28.6. The number of nitrogens with one attached hydrogen (secondary N) is 3. The van der Waals surface area contributed by atoms with E-state index in [9.17, 15) is 43.5 Å². The fraction of sp³-hybridized carbons (Fsp3) is 0.509. The molecule has 1 aliphatic heterocycles. The van der Waals surface area contributed by atoms with Crippen LogP contribution in [-0.4, -0.2) is 130 Å². The van der Waals surface area contributed by atoms with E-state index < -0.39 is 150 Å². The number of carbonyl (C=O) groups is 8. The molecule has 14 atom stereocenters. The predicted octanol–water partition coefficient (Wildman–Crippen LogP) is 5.24. The van der Waals surface area contributed by atoms with E-state index in [1.54, 1.807) is 87.5 Å². The smallest absolute Gasteiger partial charge is 0.458 e. The zero-order valence-corrected chi connectivity index (χ0v) is 46.8. The van der Waals surface area contributed by atoms with Crippen molar-refractivity contribution >= 4 is 55.6 Å². The summed E-state index contributed by atoms with van der Waals surface area (Å²) in [6, 6.07) is 19.6. The van der Waals surface area contributed by atoms with Crippen molar-refractivity contribution in [1.82, 2.24) is 15.7 Å². The topological polar surface area (TPSA) is 295 Å². The van der Waals surface area contributed by atoms with Gasteiger partial charge in [0.15, 0.2) is 17.5 Å². The Hall–Kier alpha value is -6.74. The van der Waals surface area contributed by atoms with Gasteiger partial charge < -0.3 is 49.3 Å². The van der Waals surface area contributed by atoms with Crippen molar-refractivity contribution in [3.8, 4) is 0 Å². The third-order valence-electron chi connectivity index (χ3n) is 15.5. The zero-order chi connectivity index (χ0) is 58.2. The van der Waals surface area contributed by atoms with Crippen LogP contribution in [0, 0.1) is 16.7 Å². The molecule has 5 N–H and O–H groups in total. The number of carbonyl (C=O) groups excluding carboxylic acids is 8. The van der Waals surface area contributed by atoms with E-state index >= 15 is 9.59 Å². The first kappa shape index (κ1) is 59.9. The van der Waals surface area contributed by atoms with Crippen LogP contribution < -0.4 is 15.7 Å². The lowest BCUT2D eigenvalue weighted by Gasteiger charge is -2.67. The largest absolute Gasteiger partial charge is 0.614 e. The molecule has 0 aromatic heterocycles. The minimum atomic E-state index is -3.29. The van der Waals surface area contributed by atoms with E-state index in [-0.39, 0.29) is 40.9 Å². The predicted molar refractivity (Wildman–Crippen MR) is 280 cm³/mol. The van der Waals surface area contributed by atoms with Crippen LogP contribution in [0.3, 0.4) is 0 Å². The highest BCUT2D eigenvalue weighted by molar-refractivity contribution is 7.36. The van der Waals surface area contributed by atoms with E-state index in [4.69, 9.17) is 32.9 Å². The summed E-state index contributed by atoms with van der Waals surface area (Å²) in [5, 5.41) is 34.1. The highest BCUT2D eigenvalue weighted by atomic mass is 31.1. The van der Waals surface area contributed by atoms with Gasteiger partial charge in [0.1, 0.15) is 41.6 Å². The fourth-order valence-corrected chi connectivity index (χ4v) is 12.3. The van der Waals surface area contributed by atoms with Crippen LogP contribution in [0.2, 0.25) is 0 Å². The van der Waals surface area contributed by atoms with Crippen molar-refractivity contribution < 1.29 is 86.1 Å². The Morgan fingerprint density at radius 2 is 1.37 bits per heavy atom. The average Bonchev–Trinajstić information content (AvgIpc) is 1.65. The lowest BCUT2D eigenvalue weighted by molar-refractivity contribution is -0.346. The van der Waals surface area contributed by atoms with E-state index in [0.717, 1.165) is 13.8 Å². The molecule has 3 aromatic rings. The maximum absolute atomic E-state index is 15.8. The van der Waals surface area contributed by atoms with Gasteiger partial charge in [0, 0.05) is 37.7 Å². The Morgan fingerprint density at radius 3 is 1.91 bits per heavy atom. The molecule has 3 aromatic carbocycles. The monoisotopic (exact) mass is 1110 g/mol. The second-order valence-corrected chi connectivity index (χ2v) is 23.3. The zero-order valence-electron chi connectivity index (χ0n) is 45.9. The van der Waals surface area contributed by atoms with Gasteiger partial charge in [-0.1, -0.05) is 85.7 Å². The minimum Gasteiger partial charge on any atom is -0.458 e. The van der Waals surface area contributed by atoms with Gasteiger partial charge in [-0.3, -0.25) is 24.0 Å². The van der Waals surface area contributed by atoms with E-state index in [1.165, 1.54) is 65.8 Å². The molecule has 1 heterocycles. The SMILES string of the molecule is CC(=O)O[C@H]1C(=O)[C@@]2(C)[C@H]([C@H](OC(=O)c3ccccc3)[C@]3(O)C[C@H](OC(=O)[C@H](O[P+](=O)NC(C)C(=O)NC(C)C(=O)OC(C)(C)C)[C@@H](NC(=O)c4ccccc4)c4ccccc4)C(C)=C1C3(C)C)[C@]1(OC(C)=O)CO[C@@H]1C[C@@H]2O. The molecule has 2 amide bonds. The summed E-state index contributed by atoms with van der Waals surface area (Å²) in [5.41, 5.74) is -8.81. The Morgan fingerprint density at radius 1 is 0.785 bits per heavy atom. The van der Waals surface area contributed by atoms with Crippen molar-refractivity contribution in [1.29, 1.82) is 0 Å². The molecule has 0 spiro atoms. The quantitative estimate of drug-likeness (QED) is 0.0500. The Bertz CT molecular complexity index is 2900. The lowest BCUT2D eigenvalue weighted by atomic mass is 9.44. The summed E-state index contributed by atoms with van der Waals surface area (Å²) in [4.78, 5) is 113. The lowest BCUT2D eigenvalue weighted by Crippen LogP contribution is -2.82. The number of esters is 5. The van der Waals surface area contributed by atoms with Gasteiger partial charge >= 0.3 is 38.0 Å². The van der Waals surface area contributed by atoms with Crippen LogP contribution in [0.15, 0.2) is 102 Å². The van der Waals surface area contributed by atoms with Crippen molar-refractivity contribution in [2.24, 2.45) is 16.7 Å². The van der Waals surface area contributed by atoms with Crippen LogP contribution in [0.25, 0.3) is 0 Å². The van der Waals surface area contributed by atoms with Crippen molar-refractivity contribution in [2.45, 2.75) is 161 Å². The van der Waals surface area contributed by atoms with E-state index in [2.05, 4.69) is 15.7 Å². The van der Waals surface area contributed by atoms with Gasteiger partial charge in [0.25, 0.3) is 5.91 Å². The van der Waals surface area contributed by atoms with Gasteiger partial charge in [-0.15, -0.1) is 4.52 Å². The molecule has 2 saturated carbocycles. The molecule has 21 nitrogen and oxygen atoms in total. The number of ether oxygens (including phenoxy) is 6. The van der Waals surface area contributed by atoms with Crippen LogP contribution in [-0.2, 0) is 66.3 Å². The Labute approximate surface area is 458 Å². The number of aliphatic hydroxyl groups excluding tert-OH is 1. The van der Waals surface area contributed by atoms with Gasteiger partial charge in [-0.2, -0.15) is 0 Å². The Balaban J connectivity index is 1.37. The van der Waals surface area contributed by atoms with Crippen molar-refractivity contribution in [2.75, 3.05) is 6.61 Å². The van der Waals surface area contributed by atoms with Crippen LogP contribution >= 0.6 is 8.18 Å². The number of benzene rings is 3. The number of hydrogen-bond donors (Lipinski definition) is 5. The van der Waals surface area contributed by atoms with Gasteiger partial charge in [-0.25, -0.2) is 14.4 Å². The second kappa shape index (κ2) is 23.2. The Kier molecular flexibility index (Phi) is 17.6. The van der Waals surface area contributed by atoms with Gasteiger partial charge in [0.2, 0.25) is 12.0 Å². The van der Waals surface area contributed by atoms with E-state index in [1.807, 2.05) is 0 Å². The molecule has 3 unspecified atom stereocenters. The number of ketones is 1. The van der Waals surface area contributed by atoms with Gasteiger partial charge in [-0.05, 0) is 94.0 Å². The molecule has 7 rings (SSSR count). The van der Waals surface area contributed by atoms with E-state index in [0.29, 0.717) is 0 Å².